The molecule has 2 N–H and O–H groups in total. The van der Waals surface area contributed by atoms with E-state index in [0.717, 1.165) is 16.5 Å². The first-order chi connectivity index (χ1) is 7.59. The normalized spacial score (nSPS) is 13.6. The van der Waals surface area contributed by atoms with Crippen LogP contribution in [0.4, 0.5) is 8.78 Å². The fraction of sp³-hybridized carbons (Fsp3) is 0.333. The molecule has 2 aromatic rings. The fourth-order valence-corrected chi connectivity index (χ4v) is 1.93. The van der Waals surface area contributed by atoms with Gasteiger partial charge in [-0.2, -0.15) is 0 Å². The first-order valence-electron chi connectivity index (χ1n) is 5.16. The highest BCUT2D eigenvalue weighted by atomic mass is 19.3. The van der Waals surface area contributed by atoms with Gasteiger partial charge in [0.1, 0.15) is 0 Å². The molecule has 0 amide bonds. The van der Waals surface area contributed by atoms with Gasteiger partial charge in [0.2, 0.25) is 0 Å². The Hall–Kier alpha value is -1.42. The van der Waals surface area contributed by atoms with Crippen LogP contribution in [0.2, 0.25) is 0 Å². The fourth-order valence-electron chi connectivity index (χ4n) is 1.93. The van der Waals surface area contributed by atoms with Crippen LogP contribution in [-0.2, 0) is 13.5 Å². The molecule has 2 rings (SSSR count). The molecule has 4 heteroatoms. The molecule has 1 aromatic heterocycles. The molecule has 0 aliphatic rings. The summed E-state index contributed by atoms with van der Waals surface area (Å²) >= 11 is 0. The second-order valence-corrected chi connectivity index (χ2v) is 3.98. The summed E-state index contributed by atoms with van der Waals surface area (Å²) < 4.78 is 26.7. The van der Waals surface area contributed by atoms with Gasteiger partial charge in [0, 0.05) is 24.1 Å². The van der Waals surface area contributed by atoms with Crippen LogP contribution < -0.4 is 5.73 Å². The lowest BCUT2D eigenvalue weighted by Gasteiger charge is -2.08. The van der Waals surface area contributed by atoms with Crippen LogP contribution >= 0.6 is 0 Å². The average Bonchev–Trinajstić information content (AvgIpc) is 2.57. The number of aryl methyl sites for hydroxylation is 1. The van der Waals surface area contributed by atoms with E-state index < -0.39 is 12.5 Å². The van der Waals surface area contributed by atoms with Crippen molar-refractivity contribution in [3.63, 3.8) is 0 Å². The number of nitrogens with zero attached hydrogens (tertiary/aromatic N) is 1. The second kappa shape index (κ2) is 4.22. The Morgan fingerprint density at radius 1 is 1.31 bits per heavy atom. The van der Waals surface area contributed by atoms with E-state index in [0.29, 0.717) is 0 Å². The summed E-state index contributed by atoms with van der Waals surface area (Å²) in [7, 11) is 1.90. The topological polar surface area (TPSA) is 30.9 Å². The van der Waals surface area contributed by atoms with Crippen molar-refractivity contribution in [2.45, 2.75) is 18.9 Å². The van der Waals surface area contributed by atoms with E-state index in [2.05, 4.69) is 0 Å². The van der Waals surface area contributed by atoms with Gasteiger partial charge in [0.25, 0.3) is 6.43 Å². The highest BCUT2D eigenvalue weighted by molar-refractivity contribution is 5.83. The van der Waals surface area contributed by atoms with Crippen molar-refractivity contribution in [2.75, 3.05) is 0 Å². The van der Waals surface area contributed by atoms with E-state index in [4.69, 9.17) is 5.73 Å². The number of halogens is 2. The Balaban J connectivity index is 2.38. The number of benzene rings is 1. The second-order valence-electron chi connectivity index (χ2n) is 3.98. The van der Waals surface area contributed by atoms with Gasteiger partial charge in [-0.3, -0.25) is 0 Å². The van der Waals surface area contributed by atoms with E-state index in [1.807, 2.05) is 42.1 Å². The summed E-state index contributed by atoms with van der Waals surface area (Å²) in [6.45, 7) is 0. The minimum Gasteiger partial charge on any atom is -0.350 e. The Bertz CT molecular complexity index is 491. The molecule has 0 saturated heterocycles. The van der Waals surface area contributed by atoms with E-state index in [1.54, 1.807) is 0 Å². The molecular weight excluding hydrogens is 210 g/mol. The largest absolute Gasteiger partial charge is 0.350 e. The predicted octanol–water partition coefficient (Wildman–Crippen LogP) is 2.31. The molecule has 0 saturated carbocycles. The van der Waals surface area contributed by atoms with Crippen LogP contribution in [0.1, 0.15) is 5.56 Å². The number of alkyl halides is 2. The summed E-state index contributed by atoms with van der Waals surface area (Å²) in [4.78, 5) is 0. The molecule has 1 aromatic carbocycles. The molecular formula is C12H14F2N2. The first kappa shape index (κ1) is 11.1. The number of aromatic nitrogens is 1. The van der Waals surface area contributed by atoms with Gasteiger partial charge in [0.05, 0.1) is 6.04 Å². The van der Waals surface area contributed by atoms with Gasteiger partial charge in [-0.25, -0.2) is 8.78 Å². The summed E-state index contributed by atoms with van der Waals surface area (Å²) in [5.41, 5.74) is 7.31. The van der Waals surface area contributed by atoms with E-state index in [1.165, 1.54) is 0 Å². The molecule has 2 nitrogen and oxygen atoms in total. The smallest absolute Gasteiger partial charge is 0.253 e. The van der Waals surface area contributed by atoms with Crippen LogP contribution in [0.25, 0.3) is 10.9 Å². The van der Waals surface area contributed by atoms with Crippen LogP contribution in [0.3, 0.4) is 0 Å². The molecule has 86 valence electrons. The van der Waals surface area contributed by atoms with Gasteiger partial charge >= 0.3 is 0 Å². The van der Waals surface area contributed by atoms with Gasteiger partial charge in [-0.15, -0.1) is 0 Å². The first-order valence-corrected chi connectivity index (χ1v) is 5.16. The Morgan fingerprint density at radius 2 is 2.00 bits per heavy atom. The third-order valence-electron chi connectivity index (χ3n) is 2.76. The van der Waals surface area contributed by atoms with Gasteiger partial charge in [0.15, 0.2) is 0 Å². The maximum atomic E-state index is 12.4. The number of nitrogens with two attached hydrogens (primary N) is 1. The molecule has 1 atom stereocenters. The van der Waals surface area contributed by atoms with Crippen molar-refractivity contribution in [3.05, 3.63) is 36.0 Å². The summed E-state index contributed by atoms with van der Waals surface area (Å²) in [6.07, 6.45) is -0.398. The zero-order valence-electron chi connectivity index (χ0n) is 9.03. The average molecular weight is 224 g/mol. The van der Waals surface area contributed by atoms with Crippen molar-refractivity contribution < 1.29 is 8.78 Å². The van der Waals surface area contributed by atoms with Gasteiger partial charge < -0.3 is 10.3 Å². The van der Waals surface area contributed by atoms with Crippen molar-refractivity contribution in [2.24, 2.45) is 12.8 Å². The third kappa shape index (κ3) is 1.93. The maximum absolute atomic E-state index is 12.4. The number of rotatable bonds is 3. The van der Waals surface area contributed by atoms with E-state index in [9.17, 15) is 8.78 Å². The van der Waals surface area contributed by atoms with Crippen LogP contribution in [-0.4, -0.2) is 17.0 Å². The third-order valence-corrected chi connectivity index (χ3v) is 2.76. The van der Waals surface area contributed by atoms with Crippen LogP contribution in [0, 0.1) is 0 Å². The minimum absolute atomic E-state index is 0.207. The molecule has 1 heterocycles. The Morgan fingerprint density at radius 3 is 2.69 bits per heavy atom. The van der Waals surface area contributed by atoms with Gasteiger partial charge in [-0.1, -0.05) is 18.2 Å². The van der Waals surface area contributed by atoms with E-state index >= 15 is 0 Å². The molecule has 0 radical (unpaired) electrons. The number of fused-ring (bicyclic) bond motifs is 1. The molecule has 0 aliphatic carbocycles. The van der Waals surface area contributed by atoms with Crippen LogP contribution in [0.5, 0.6) is 0 Å². The number of hydrogen-bond acceptors (Lipinski definition) is 1. The summed E-state index contributed by atoms with van der Waals surface area (Å²) in [5, 5.41) is 1.00. The lowest BCUT2D eigenvalue weighted by Crippen LogP contribution is -2.30. The lowest BCUT2D eigenvalue weighted by atomic mass is 10.1. The highest BCUT2D eigenvalue weighted by Crippen LogP contribution is 2.22. The molecule has 0 spiro atoms. The lowest BCUT2D eigenvalue weighted by molar-refractivity contribution is 0.116. The molecule has 16 heavy (non-hydrogen) atoms. The Kier molecular flexibility index (Phi) is 2.92. The van der Waals surface area contributed by atoms with Gasteiger partial charge in [-0.05, 0) is 18.1 Å². The highest BCUT2D eigenvalue weighted by Gasteiger charge is 2.17. The van der Waals surface area contributed by atoms with Crippen molar-refractivity contribution in [1.29, 1.82) is 0 Å². The minimum atomic E-state index is -2.47. The van der Waals surface area contributed by atoms with Crippen molar-refractivity contribution >= 4 is 10.9 Å². The zero-order chi connectivity index (χ0) is 11.7. The molecule has 0 bridgehead atoms. The molecule has 0 aliphatic heterocycles. The van der Waals surface area contributed by atoms with E-state index in [-0.39, 0.29) is 6.42 Å². The Labute approximate surface area is 92.7 Å². The maximum Gasteiger partial charge on any atom is 0.253 e. The monoisotopic (exact) mass is 224 g/mol. The number of para-hydroxylation sites is 1. The van der Waals surface area contributed by atoms with Crippen LogP contribution in [0.15, 0.2) is 30.5 Å². The quantitative estimate of drug-likeness (QED) is 0.852. The SMILES string of the molecule is Cn1cc(CC(N)C(F)F)c2ccccc21. The molecule has 1 unspecified atom stereocenters. The molecule has 0 fully saturated rings. The summed E-state index contributed by atoms with van der Waals surface area (Å²) in [5.74, 6) is 0. The predicted molar refractivity (Wildman–Crippen MR) is 60.6 cm³/mol. The zero-order valence-corrected chi connectivity index (χ0v) is 9.03. The van der Waals surface area contributed by atoms with Crippen molar-refractivity contribution in [1.82, 2.24) is 4.57 Å². The summed E-state index contributed by atoms with van der Waals surface area (Å²) in [6, 6.07) is 6.64. The van der Waals surface area contributed by atoms with Crippen molar-refractivity contribution in [3.8, 4) is 0 Å². The number of hydrogen-bond donors (Lipinski definition) is 1. The standard InChI is InChI=1S/C12H14F2N2/c1-16-7-8(6-10(15)12(13)14)9-4-2-3-5-11(9)16/h2-5,7,10,12H,6,15H2,1H3.